The van der Waals surface area contributed by atoms with Gasteiger partial charge in [0.1, 0.15) is 5.52 Å². The fourth-order valence-corrected chi connectivity index (χ4v) is 0.763. The van der Waals surface area contributed by atoms with Gasteiger partial charge in [-0.1, -0.05) is 0 Å². The number of rotatable bonds is 0. The van der Waals surface area contributed by atoms with Crippen molar-refractivity contribution < 1.29 is 4.42 Å². The Morgan fingerprint density at radius 3 is 3.33 bits per heavy atom. The number of oxazole rings is 1. The van der Waals surface area contributed by atoms with E-state index < -0.39 is 0 Å². The topological polar surface area (TPSA) is 54.7 Å². The van der Waals surface area contributed by atoms with Crippen LogP contribution >= 0.6 is 0 Å². The van der Waals surface area contributed by atoms with E-state index in [1.807, 2.05) is 0 Å². The Kier molecular flexibility index (Phi) is 0.677. The first-order chi connectivity index (χ1) is 4.36. The highest BCUT2D eigenvalue weighted by Gasteiger charge is 2.00. The second kappa shape index (κ2) is 1.34. The maximum atomic E-state index is 5.08. The van der Waals surface area contributed by atoms with Crippen molar-refractivity contribution in [2.75, 3.05) is 0 Å². The second-order valence-electron chi connectivity index (χ2n) is 1.82. The fraction of sp³-hybridized carbons (Fsp3) is 0.200. The number of nitrogens with one attached hydrogen (secondary N) is 1. The lowest BCUT2D eigenvalue weighted by atomic mass is 10.6. The van der Waals surface area contributed by atoms with Crippen LogP contribution in [0.3, 0.4) is 0 Å². The van der Waals surface area contributed by atoms with Crippen LogP contribution in [0.5, 0.6) is 0 Å². The van der Waals surface area contributed by atoms with E-state index in [2.05, 4.69) is 15.2 Å². The van der Waals surface area contributed by atoms with Crippen LogP contribution in [-0.4, -0.2) is 15.2 Å². The molecule has 0 aliphatic carbocycles. The molecular weight excluding hydrogens is 118 g/mol. The first-order valence-electron chi connectivity index (χ1n) is 2.63. The molecule has 0 amide bonds. The summed E-state index contributed by atoms with van der Waals surface area (Å²) in [5, 5.41) is 6.38. The van der Waals surface area contributed by atoms with Crippen molar-refractivity contribution in [2.24, 2.45) is 0 Å². The van der Waals surface area contributed by atoms with Crippen LogP contribution in [-0.2, 0) is 0 Å². The summed E-state index contributed by atoms with van der Waals surface area (Å²) in [6, 6.07) is 0. The Morgan fingerprint density at radius 1 is 1.67 bits per heavy atom. The molecule has 2 aromatic rings. The average molecular weight is 123 g/mol. The van der Waals surface area contributed by atoms with E-state index >= 15 is 0 Å². The molecule has 2 rings (SSSR count). The maximum absolute atomic E-state index is 5.08. The molecule has 0 bridgehead atoms. The van der Waals surface area contributed by atoms with Crippen LogP contribution < -0.4 is 0 Å². The van der Waals surface area contributed by atoms with Crippen LogP contribution in [0.25, 0.3) is 11.2 Å². The molecule has 46 valence electrons. The average Bonchev–Trinajstić information content (AvgIpc) is 2.22. The van der Waals surface area contributed by atoms with Gasteiger partial charge in [0.25, 0.3) is 0 Å². The molecule has 0 spiro atoms. The smallest absolute Gasteiger partial charge is 0.242 e. The standard InChI is InChI=1S/C5H5N3O/c1-3-7-4-2-6-8-5(4)9-3/h2H,1H3,(H,6,8). The maximum Gasteiger partial charge on any atom is 0.242 e. The highest BCUT2D eigenvalue weighted by molar-refractivity contribution is 5.66. The van der Waals surface area contributed by atoms with Crippen molar-refractivity contribution in [1.29, 1.82) is 0 Å². The van der Waals surface area contributed by atoms with Gasteiger partial charge in [-0.15, -0.1) is 0 Å². The number of nitrogens with zero attached hydrogens (tertiary/aromatic N) is 2. The third kappa shape index (κ3) is 0.526. The van der Waals surface area contributed by atoms with Gasteiger partial charge in [0.2, 0.25) is 5.71 Å². The summed E-state index contributed by atoms with van der Waals surface area (Å²) in [4.78, 5) is 4.01. The minimum atomic E-state index is 0.646. The molecule has 0 unspecified atom stereocenters. The summed E-state index contributed by atoms with van der Waals surface area (Å²) in [5.41, 5.74) is 1.43. The van der Waals surface area contributed by atoms with E-state index in [0.717, 1.165) is 5.52 Å². The predicted octanol–water partition coefficient (Wildman–Crippen LogP) is 0.859. The predicted molar refractivity (Wildman–Crippen MR) is 30.9 cm³/mol. The zero-order chi connectivity index (χ0) is 6.27. The van der Waals surface area contributed by atoms with Gasteiger partial charge in [-0.25, -0.2) is 10.1 Å². The number of fused-ring (bicyclic) bond motifs is 1. The molecule has 0 radical (unpaired) electrons. The van der Waals surface area contributed by atoms with Crippen molar-refractivity contribution in [3.63, 3.8) is 0 Å². The van der Waals surface area contributed by atoms with E-state index in [1.54, 1.807) is 13.1 Å². The van der Waals surface area contributed by atoms with Gasteiger partial charge >= 0.3 is 0 Å². The molecule has 0 fully saturated rings. The molecular formula is C5H5N3O. The molecule has 9 heavy (non-hydrogen) atoms. The molecule has 4 heteroatoms. The summed E-state index contributed by atoms with van der Waals surface area (Å²) in [6.45, 7) is 1.80. The zero-order valence-corrected chi connectivity index (χ0v) is 4.88. The highest BCUT2D eigenvalue weighted by Crippen LogP contribution is 2.09. The number of hydrogen-bond acceptors (Lipinski definition) is 3. The summed E-state index contributed by atoms with van der Waals surface area (Å²) in [7, 11) is 0. The van der Waals surface area contributed by atoms with Gasteiger partial charge in [-0.05, 0) is 0 Å². The van der Waals surface area contributed by atoms with Crippen molar-refractivity contribution in [3.05, 3.63) is 12.1 Å². The lowest BCUT2D eigenvalue weighted by Gasteiger charge is -1.72. The number of hydrogen-bond donors (Lipinski definition) is 1. The monoisotopic (exact) mass is 123 g/mol. The van der Waals surface area contributed by atoms with Gasteiger partial charge < -0.3 is 4.42 Å². The fourth-order valence-electron chi connectivity index (χ4n) is 0.763. The second-order valence-corrected chi connectivity index (χ2v) is 1.82. The largest absolute Gasteiger partial charge is 0.423 e. The van der Waals surface area contributed by atoms with Crippen molar-refractivity contribution >= 4 is 11.2 Å². The van der Waals surface area contributed by atoms with Crippen LogP contribution in [0.15, 0.2) is 10.6 Å². The summed E-state index contributed by atoms with van der Waals surface area (Å²) < 4.78 is 5.08. The van der Waals surface area contributed by atoms with E-state index in [1.165, 1.54) is 0 Å². The molecule has 4 nitrogen and oxygen atoms in total. The normalized spacial score (nSPS) is 10.8. The Morgan fingerprint density at radius 2 is 2.56 bits per heavy atom. The zero-order valence-electron chi connectivity index (χ0n) is 4.88. The first kappa shape index (κ1) is 4.55. The molecule has 0 atom stereocenters. The minimum Gasteiger partial charge on any atom is -0.423 e. The van der Waals surface area contributed by atoms with Crippen LogP contribution in [0.2, 0.25) is 0 Å². The van der Waals surface area contributed by atoms with Gasteiger partial charge in [0, 0.05) is 6.92 Å². The molecule has 2 heterocycles. The van der Waals surface area contributed by atoms with E-state index in [0.29, 0.717) is 11.6 Å². The summed E-state index contributed by atoms with van der Waals surface area (Å²) >= 11 is 0. The third-order valence-electron chi connectivity index (χ3n) is 1.11. The van der Waals surface area contributed by atoms with Gasteiger partial charge in [-0.2, -0.15) is 5.10 Å². The van der Waals surface area contributed by atoms with E-state index in [4.69, 9.17) is 4.42 Å². The van der Waals surface area contributed by atoms with Gasteiger partial charge in [0.05, 0.1) is 6.20 Å². The summed E-state index contributed by atoms with van der Waals surface area (Å²) in [5.74, 6) is 0.665. The Bertz CT molecular complexity index is 293. The molecule has 0 aliphatic heterocycles. The Hall–Kier alpha value is -1.32. The van der Waals surface area contributed by atoms with Gasteiger partial charge in [0.15, 0.2) is 5.89 Å². The van der Waals surface area contributed by atoms with Crippen LogP contribution in [0.4, 0.5) is 0 Å². The molecule has 0 aliphatic rings. The quantitative estimate of drug-likeness (QED) is 0.565. The minimum absolute atomic E-state index is 0.646. The molecule has 0 saturated carbocycles. The Labute approximate surface area is 50.9 Å². The van der Waals surface area contributed by atoms with Crippen molar-refractivity contribution in [2.45, 2.75) is 6.92 Å². The van der Waals surface area contributed by atoms with Crippen molar-refractivity contribution in [3.8, 4) is 0 Å². The summed E-state index contributed by atoms with van der Waals surface area (Å²) in [6.07, 6.45) is 1.63. The van der Waals surface area contributed by atoms with Crippen LogP contribution in [0, 0.1) is 6.92 Å². The third-order valence-corrected chi connectivity index (χ3v) is 1.11. The number of aryl methyl sites for hydroxylation is 1. The van der Waals surface area contributed by atoms with Crippen LogP contribution in [0.1, 0.15) is 5.89 Å². The van der Waals surface area contributed by atoms with E-state index in [9.17, 15) is 0 Å². The molecule has 2 aromatic heterocycles. The van der Waals surface area contributed by atoms with Gasteiger partial charge in [-0.3, -0.25) is 0 Å². The SMILES string of the molecule is Cc1nc2cn[nH]c2o1. The molecule has 0 saturated heterocycles. The number of H-pyrrole nitrogens is 1. The lowest BCUT2D eigenvalue weighted by molar-refractivity contribution is 0.548. The first-order valence-corrected chi connectivity index (χ1v) is 2.63. The molecule has 1 N–H and O–H groups in total. The Balaban J connectivity index is 2.92. The number of aromatic nitrogens is 3. The van der Waals surface area contributed by atoms with Crippen molar-refractivity contribution in [1.82, 2.24) is 15.2 Å². The highest BCUT2D eigenvalue weighted by atomic mass is 16.4. The molecule has 0 aromatic carbocycles. The van der Waals surface area contributed by atoms with E-state index in [-0.39, 0.29) is 0 Å². The lowest BCUT2D eigenvalue weighted by Crippen LogP contribution is -1.65. The number of aromatic amines is 1.